The van der Waals surface area contributed by atoms with Crippen LogP contribution in [0.25, 0.3) is 0 Å². The van der Waals surface area contributed by atoms with Gasteiger partial charge in [-0.2, -0.15) is 26.3 Å². The van der Waals surface area contributed by atoms with Gasteiger partial charge in [-0.1, -0.05) is 0 Å². The van der Waals surface area contributed by atoms with Crippen LogP contribution in [0.2, 0.25) is 0 Å². The monoisotopic (exact) mass is 542 g/mol. The van der Waals surface area contributed by atoms with Crippen molar-refractivity contribution in [2.75, 3.05) is 49.1 Å². The van der Waals surface area contributed by atoms with Gasteiger partial charge < -0.3 is 19.1 Å². The van der Waals surface area contributed by atoms with Gasteiger partial charge in [0, 0.05) is 25.2 Å². The summed E-state index contributed by atoms with van der Waals surface area (Å²) >= 11 is 0. The Hall–Kier alpha value is -2.87. The van der Waals surface area contributed by atoms with E-state index >= 15 is 0 Å². The van der Waals surface area contributed by atoms with Gasteiger partial charge in [-0.05, 0) is 32.0 Å². The second kappa shape index (κ2) is 10.6. The normalized spacial score (nSPS) is 15.1. The minimum absolute atomic E-state index is 0.0223. The third kappa shape index (κ3) is 6.46. The number of hydrogen-bond acceptors (Lipinski definition) is 6. The van der Waals surface area contributed by atoms with Crippen molar-refractivity contribution >= 4 is 21.4 Å². The first-order chi connectivity index (χ1) is 16.8. The Balaban J connectivity index is 2.10. The summed E-state index contributed by atoms with van der Waals surface area (Å²) in [5, 5.41) is 0. The maximum absolute atomic E-state index is 13.2. The molecule has 0 aromatic heterocycles. The van der Waals surface area contributed by atoms with Crippen molar-refractivity contribution in [1.29, 1.82) is 0 Å². The van der Waals surface area contributed by atoms with Crippen LogP contribution < -0.4 is 19.1 Å². The third-order valence-electron chi connectivity index (χ3n) is 5.13. The molecule has 1 aliphatic heterocycles. The highest BCUT2D eigenvalue weighted by Gasteiger charge is 2.38. The molecule has 0 unspecified atom stereocenters. The predicted octanol–water partition coefficient (Wildman–Crippen LogP) is 5.16. The van der Waals surface area contributed by atoms with Crippen LogP contribution in [-0.4, -0.2) is 47.9 Å². The Kier molecular flexibility index (Phi) is 8.18. The molecular weight excluding hydrogens is 518 g/mol. The van der Waals surface area contributed by atoms with Gasteiger partial charge in [0.05, 0.1) is 53.8 Å². The Labute approximate surface area is 204 Å². The van der Waals surface area contributed by atoms with Crippen LogP contribution in [0.5, 0.6) is 11.5 Å². The zero-order valence-corrected chi connectivity index (χ0v) is 20.1. The highest BCUT2D eigenvalue weighted by atomic mass is 32.2. The fraction of sp³-hybridized carbons (Fsp3) is 0.455. The van der Waals surface area contributed by atoms with Crippen LogP contribution >= 0.6 is 0 Å². The van der Waals surface area contributed by atoms with Crippen molar-refractivity contribution in [2.24, 2.45) is 0 Å². The summed E-state index contributed by atoms with van der Waals surface area (Å²) in [6.07, 6.45) is -10.4. The van der Waals surface area contributed by atoms with Crippen LogP contribution in [0.3, 0.4) is 0 Å². The molecule has 0 aliphatic carbocycles. The third-order valence-corrected chi connectivity index (χ3v) is 6.47. The number of halogens is 6. The lowest BCUT2D eigenvalue weighted by Gasteiger charge is -2.31. The lowest BCUT2D eigenvalue weighted by Crippen LogP contribution is -2.36. The molecule has 0 atom stereocenters. The molecule has 0 amide bonds. The van der Waals surface area contributed by atoms with Crippen LogP contribution in [0.1, 0.15) is 25.0 Å². The first kappa shape index (κ1) is 27.7. The molecule has 0 saturated carbocycles. The summed E-state index contributed by atoms with van der Waals surface area (Å²) < 4.78 is 124. The van der Waals surface area contributed by atoms with Crippen molar-refractivity contribution in [2.45, 2.75) is 31.1 Å². The van der Waals surface area contributed by atoms with Gasteiger partial charge in [-0.3, -0.25) is 4.72 Å². The van der Waals surface area contributed by atoms with Crippen molar-refractivity contribution in [3.8, 4) is 11.5 Å². The largest absolute Gasteiger partial charge is 0.492 e. The van der Waals surface area contributed by atoms with Crippen molar-refractivity contribution in [3.05, 3.63) is 41.5 Å². The number of nitrogens with zero attached hydrogens (tertiary/aromatic N) is 1. The van der Waals surface area contributed by atoms with Gasteiger partial charge in [0.25, 0.3) is 10.0 Å². The van der Waals surface area contributed by atoms with E-state index in [1.165, 1.54) is 12.1 Å². The molecule has 1 aliphatic rings. The zero-order valence-electron chi connectivity index (χ0n) is 19.3. The number of nitrogens with one attached hydrogen (secondary N) is 1. The molecule has 14 heteroatoms. The number of ether oxygens (including phenoxy) is 3. The fourth-order valence-corrected chi connectivity index (χ4v) is 4.64. The molecule has 0 bridgehead atoms. The van der Waals surface area contributed by atoms with E-state index in [0.717, 1.165) is 0 Å². The SMILES string of the molecule is CCOc1cc(N2CCOCC2)c(OCC)cc1NS(=O)(=O)c1cc(C(F)(F)F)cc(C(F)(F)F)c1. The lowest BCUT2D eigenvalue weighted by molar-refractivity contribution is -0.143. The molecule has 36 heavy (non-hydrogen) atoms. The molecule has 0 spiro atoms. The summed E-state index contributed by atoms with van der Waals surface area (Å²) in [5.41, 5.74) is -3.13. The van der Waals surface area contributed by atoms with E-state index in [1.54, 1.807) is 13.8 Å². The van der Waals surface area contributed by atoms with Crippen LogP contribution in [0.4, 0.5) is 37.7 Å². The zero-order chi connectivity index (χ0) is 26.7. The summed E-state index contributed by atoms with van der Waals surface area (Å²) in [6, 6.07) is 2.93. The number of alkyl halides is 6. The summed E-state index contributed by atoms with van der Waals surface area (Å²) in [7, 11) is -4.91. The van der Waals surface area contributed by atoms with Gasteiger partial charge in [0.2, 0.25) is 0 Å². The summed E-state index contributed by atoms with van der Waals surface area (Å²) in [4.78, 5) is 0.722. The average Bonchev–Trinajstić information content (AvgIpc) is 2.80. The number of rotatable bonds is 8. The molecule has 2 aromatic carbocycles. The molecule has 1 N–H and O–H groups in total. The van der Waals surface area contributed by atoms with E-state index in [2.05, 4.69) is 4.72 Å². The maximum atomic E-state index is 13.2. The minimum Gasteiger partial charge on any atom is -0.492 e. The van der Waals surface area contributed by atoms with Crippen LogP contribution in [-0.2, 0) is 27.1 Å². The van der Waals surface area contributed by atoms with E-state index in [1.807, 2.05) is 4.90 Å². The number of benzene rings is 2. The van der Waals surface area contributed by atoms with Gasteiger partial charge in [0.15, 0.2) is 0 Å². The van der Waals surface area contributed by atoms with E-state index in [4.69, 9.17) is 14.2 Å². The van der Waals surface area contributed by atoms with Gasteiger partial charge >= 0.3 is 12.4 Å². The van der Waals surface area contributed by atoms with E-state index in [9.17, 15) is 34.8 Å². The number of morpholine rings is 1. The molecule has 0 radical (unpaired) electrons. The van der Waals surface area contributed by atoms with Crippen LogP contribution in [0.15, 0.2) is 35.2 Å². The topological polar surface area (TPSA) is 77.1 Å². The average molecular weight is 542 g/mol. The first-order valence-electron chi connectivity index (χ1n) is 10.8. The lowest BCUT2D eigenvalue weighted by atomic mass is 10.1. The molecule has 7 nitrogen and oxygen atoms in total. The Morgan fingerprint density at radius 1 is 0.861 bits per heavy atom. The summed E-state index contributed by atoms with van der Waals surface area (Å²) in [6.45, 7) is 5.56. The number of hydrogen-bond donors (Lipinski definition) is 1. The second-order valence-corrected chi connectivity index (χ2v) is 9.31. The van der Waals surface area contributed by atoms with Gasteiger partial charge in [-0.25, -0.2) is 8.42 Å². The molecule has 1 fully saturated rings. The van der Waals surface area contributed by atoms with E-state index in [-0.39, 0.29) is 48.6 Å². The minimum atomic E-state index is -5.20. The standard InChI is InChI=1S/C22H24F6N2O5S/c1-3-34-19-13-18(30-5-7-33-8-6-30)20(35-4-2)12-17(19)29-36(31,32)16-10-14(21(23,24)25)9-15(11-16)22(26,27)28/h9-13,29H,3-8H2,1-2H3. The predicted molar refractivity (Wildman–Crippen MR) is 119 cm³/mol. The smallest absolute Gasteiger partial charge is 0.416 e. The van der Waals surface area contributed by atoms with Gasteiger partial charge in [0.1, 0.15) is 11.5 Å². The quantitative estimate of drug-likeness (QED) is 0.465. The van der Waals surface area contributed by atoms with Crippen molar-refractivity contribution in [3.63, 3.8) is 0 Å². The van der Waals surface area contributed by atoms with Crippen LogP contribution in [0, 0.1) is 0 Å². The van der Waals surface area contributed by atoms with Gasteiger partial charge in [-0.15, -0.1) is 0 Å². The highest BCUT2D eigenvalue weighted by molar-refractivity contribution is 7.92. The second-order valence-electron chi connectivity index (χ2n) is 7.63. The molecule has 200 valence electrons. The van der Waals surface area contributed by atoms with E-state index < -0.39 is 38.4 Å². The maximum Gasteiger partial charge on any atom is 0.416 e. The van der Waals surface area contributed by atoms with E-state index in [0.29, 0.717) is 32.0 Å². The Morgan fingerprint density at radius 2 is 1.39 bits per heavy atom. The molecule has 1 heterocycles. The molecular formula is C22H24F6N2O5S. The number of sulfonamides is 1. The Morgan fingerprint density at radius 3 is 1.89 bits per heavy atom. The molecule has 2 aromatic rings. The number of anilines is 2. The fourth-order valence-electron chi connectivity index (χ4n) is 3.51. The first-order valence-corrected chi connectivity index (χ1v) is 12.3. The van der Waals surface area contributed by atoms with Crippen molar-refractivity contribution in [1.82, 2.24) is 0 Å². The Bertz CT molecular complexity index is 1150. The highest BCUT2D eigenvalue weighted by Crippen LogP contribution is 2.41. The summed E-state index contributed by atoms with van der Waals surface area (Å²) in [5.74, 6) is 0.273. The molecule has 1 saturated heterocycles. The molecule has 3 rings (SSSR count). The van der Waals surface area contributed by atoms with Crippen molar-refractivity contribution < 1.29 is 49.0 Å².